The molecule has 0 saturated carbocycles. The first kappa shape index (κ1) is 11.6. The molecule has 0 saturated heterocycles. The first-order valence-corrected chi connectivity index (χ1v) is 4.09. The Morgan fingerprint density at radius 3 is 2.08 bits per heavy atom. The van der Waals surface area contributed by atoms with Crippen LogP contribution in [-0.4, -0.2) is 17.7 Å². The highest BCUT2D eigenvalue weighted by Gasteiger charge is 1.85. The van der Waals surface area contributed by atoms with Gasteiger partial charge in [0, 0.05) is 6.61 Å². The molecule has 0 aromatic heterocycles. The Balaban J connectivity index is 0.000000310. The lowest BCUT2D eigenvalue weighted by Gasteiger charge is -1.97. The van der Waals surface area contributed by atoms with Gasteiger partial charge >= 0.3 is 0 Å². The Hall–Kier alpha value is -1.35. The predicted molar refractivity (Wildman–Crippen MR) is 48.1 cm³/mol. The Morgan fingerprint density at radius 2 is 1.85 bits per heavy atom. The fraction of sp³-hybridized carbons (Fsp3) is 0.300. The molecule has 1 rings (SSSR count). The lowest BCUT2D eigenvalue weighted by atomic mass is 10.2. The smallest absolute Gasteiger partial charge is 0.0715 e. The van der Waals surface area contributed by atoms with E-state index in [2.05, 4.69) is 0 Å². The normalized spacial score (nSPS) is 8.46. The minimum Gasteiger partial charge on any atom is -0.545 e. The van der Waals surface area contributed by atoms with Crippen molar-refractivity contribution in [2.24, 2.45) is 0 Å². The fourth-order valence-electron chi connectivity index (χ4n) is 0.574. The number of aromatic carboxylic acids is 1. The number of benzene rings is 1. The maximum absolute atomic E-state index is 10.1. The zero-order valence-electron chi connectivity index (χ0n) is 7.56. The SMILES string of the molecule is CCCO.O=C([O-])c1ccccc1. The van der Waals surface area contributed by atoms with Crippen molar-refractivity contribution in [1.29, 1.82) is 0 Å². The third-order valence-corrected chi connectivity index (χ3v) is 1.23. The highest BCUT2D eigenvalue weighted by Crippen LogP contribution is 1.94. The number of aliphatic hydroxyl groups is 1. The highest BCUT2D eigenvalue weighted by atomic mass is 16.4. The summed E-state index contributed by atoms with van der Waals surface area (Å²) in [5.74, 6) is -1.13. The van der Waals surface area contributed by atoms with Gasteiger partial charge in [-0.1, -0.05) is 37.3 Å². The van der Waals surface area contributed by atoms with E-state index in [0.717, 1.165) is 6.42 Å². The predicted octanol–water partition coefficient (Wildman–Crippen LogP) is 0.439. The maximum Gasteiger partial charge on any atom is 0.0715 e. The Kier molecular flexibility index (Phi) is 6.55. The molecule has 0 aliphatic heterocycles. The molecular formula is C10H13O3-. The monoisotopic (exact) mass is 181 g/mol. The standard InChI is InChI=1S/C7H6O2.C3H8O/c8-7(9)6-4-2-1-3-5-6;1-2-3-4/h1-5H,(H,8,9);4H,2-3H2,1H3/p-1. The molecule has 0 aliphatic rings. The van der Waals surface area contributed by atoms with E-state index in [4.69, 9.17) is 5.11 Å². The molecule has 0 heterocycles. The number of carbonyl (C=O) groups excluding carboxylic acids is 1. The Labute approximate surface area is 77.6 Å². The maximum atomic E-state index is 10.1. The van der Waals surface area contributed by atoms with Crippen LogP contribution >= 0.6 is 0 Å². The van der Waals surface area contributed by atoms with E-state index in [9.17, 15) is 9.90 Å². The van der Waals surface area contributed by atoms with Crippen LogP contribution in [0.25, 0.3) is 0 Å². The van der Waals surface area contributed by atoms with Crippen molar-refractivity contribution < 1.29 is 15.0 Å². The van der Waals surface area contributed by atoms with E-state index in [1.54, 1.807) is 18.2 Å². The van der Waals surface area contributed by atoms with Gasteiger partial charge in [-0.2, -0.15) is 0 Å². The van der Waals surface area contributed by atoms with Gasteiger partial charge in [0.15, 0.2) is 0 Å². The molecule has 0 radical (unpaired) electrons. The third-order valence-electron chi connectivity index (χ3n) is 1.23. The highest BCUT2D eigenvalue weighted by molar-refractivity contribution is 5.85. The summed E-state index contributed by atoms with van der Waals surface area (Å²) in [6, 6.07) is 8.06. The lowest BCUT2D eigenvalue weighted by Crippen LogP contribution is -2.21. The molecule has 0 aliphatic carbocycles. The summed E-state index contributed by atoms with van der Waals surface area (Å²) in [5.41, 5.74) is 0.220. The number of hydrogen-bond acceptors (Lipinski definition) is 3. The second kappa shape index (κ2) is 7.31. The van der Waals surface area contributed by atoms with Gasteiger partial charge in [0.1, 0.15) is 0 Å². The van der Waals surface area contributed by atoms with Crippen LogP contribution in [0, 0.1) is 0 Å². The molecule has 0 unspecified atom stereocenters. The van der Waals surface area contributed by atoms with Crippen molar-refractivity contribution in [3.63, 3.8) is 0 Å². The van der Waals surface area contributed by atoms with Gasteiger partial charge in [-0.05, 0) is 12.0 Å². The summed E-state index contributed by atoms with van der Waals surface area (Å²) in [7, 11) is 0. The molecule has 13 heavy (non-hydrogen) atoms. The number of carboxylic acid groups (broad SMARTS) is 1. The van der Waals surface area contributed by atoms with Crippen molar-refractivity contribution in [2.75, 3.05) is 6.61 Å². The second-order valence-corrected chi connectivity index (χ2v) is 2.38. The fourth-order valence-corrected chi connectivity index (χ4v) is 0.574. The molecule has 3 heteroatoms. The van der Waals surface area contributed by atoms with Gasteiger partial charge in [0.2, 0.25) is 0 Å². The molecule has 0 fully saturated rings. The van der Waals surface area contributed by atoms with E-state index in [-0.39, 0.29) is 5.56 Å². The first-order valence-electron chi connectivity index (χ1n) is 4.09. The Morgan fingerprint density at radius 1 is 1.38 bits per heavy atom. The van der Waals surface area contributed by atoms with Crippen LogP contribution in [0.15, 0.2) is 30.3 Å². The van der Waals surface area contributed by atoms with Gasteiger partial charge in [0.25, 0.3) is 0 Å². The van der Waals surface area contributed by atoms with Crippen LogP contribution in [0.3, 0.4) is 0 Å². The summed E-state index contributed by atoms with van der Waals surface area (Å²) in [6.07, 6.45) is 0.875. The molecular weight excluding hydrogens is 168 g/mol. The number of carboxylic acids is 1. The van der Waals surface area contributed by atoms with E-state index in [0.29, 0.717) is 6.61 Å². The zero-order valence-corrected chi connectivity index (χ0v) is 7.56. The Bertz CT molecular complexity index is 229. The summed E-state index contributed by atoms with van der Waals surface area (Å²) >= 11 is 0. The van der Waals surface area contributed by atoms with Crippen LogP contribution in [-0.2, 0) is 0 Å². The van der Waals surface area contributed by atoms with Crippen LogP contribution < -0.4 is 5.11 Å². The minimum absolute atomic E-state index is 0.220. The topological polar surface area (TPSA) is 60.4 Å². The lowest BCUT2D eigenvalue weighted by molar-refractivity contribution is -0.255. The number of carbonyl (C=O) groups is 1. The van der Waals surface area contributed by atoms with Crippen molar-refractivity contribution in [3.05, 3.63) is 35.9 Å². The van der Waals surface area contributed by atoms with E-state index in [1.807, 2.05) is 6.92 Å². The van der Waals surface area contributed by atoms with Crippen LogP contribution in [0.4, 0.5) is 0 Å². The molecule has 1 aromatic carbocycles. The average molecular weight is 181 g/mol. The number of aliphatic hydroxyl groups excluding tert-OH is 1. The van der Waals surface area contributed by atoms with Gasteiger partial charge < -0.3 is 15.0 Å². The van der Waals surface area contributed by atoms with Crippen LogP contribution in [0.5, 0.6) is 0 Å². The molecule has 1 N–H and O–H groups in total. The van der Waals surface area contributed by atoms with E-state index < -0.39 is 5.97 Å². The summed E-state index contributed by atoms with van der Waals surface area (Å²) in [6.45, 7) is 2.25. The summed E-state index contributed by atoms with van der Waals surface area (Å²) in [4.78, 5) is 10.1. The molecule has 72 valence electrons. The number of hydrogen-bond donors (Lipinski definition) is 1. The van der Waals surface area contributed by atoms with E-state index >= 15 is 0 Å². The van der Waals surface area contributed by atoms with Crippen molar-refractivity contribution in [1.82, 2.24) is 0 Å². The van der Waals surface area contributed by atoms with Gasteiger partial charge in [0.05, 0.1) is 5.97 Å². The van der Waals surface area contributed by atoms with Crippen molar-refractivity contribution in [2.45, 2.75) is 13.3 Å². The molecule has 3 nitrogen and oxygen atoms in total. The summed E-state index contributed by atoms with van der Waals surface area (Å²) < 4.78 is 0. The average Bonchev–Trinajstić information content (AvgIpc) is 2.19. The summed E-state index contributed by atoms with van der Waals surface area (Å²) in [5, 5.41) is 18.0. The minimum atomic E-state index is -1.13. The molecule has 0 atom stereocenters. The molecule has 0 spiro atoms. The quantitative estimate of drug-likeness (QED) is 0.720. The van der Waals surface area contributed by atoms with Gasteiger partial charge in [-0.25, -0.2) is 0 Å². The van der Waals surface area contributed by atoms with Crippen molar-refractivity contribution in [3.8, 4) is 0 Å². The molecule has 0 bridgehead atoms. The van der Waals surface area contributed by atoms with Gasteiger partial charge in [-0.3, -0.25) is 0 Å². The number of rotatable bonds is 2. The molecule has 1 aromatic rings. The third kappa shape index (κ3) is 5.87. The van der Waals surface area contributed by atoms with Crippen molar-refractivity contribution >= 4 is 5.97 Å². The van der Waals surface area contributed by atoms with Crippen LogP contribution in [0.1, 0.15) is 23.7 Å². The molecule has 0 amide bonds. The second-order valence-electron chi connectivity index (χ2n) is 2.38. The zero-order chi connectivity index (χ0) is 10.1. The largest absolute Gasteiger partial charge is 0.545 e. The van der Waals surface area contributed by atoms with E-state index in [1.165, 1.54) is 12.1 Å². The van der Waals surface area contributed by atoms with Gasteiger partial charge in [-0.15, -0.1) is 0 Å². The first-order chi connectivity index (χ1) is 6.22. The van der Waals surface area contributed by atoms with Crippen LogP contribution in [0.2, 0.25) is 0 Å².